The fourth-order valence-corrected chi connectivity index (χ4v) is 4.09. The number of aryl methyl sites for hydroxylation is 1. The van der Waals surface area contributed by atoms with Gasteiger partial charge >= 0.3 is 0 Å². The van der Waals surface area contributed by atoms with Crippen LogP contribution >= 0.6 is 11.6 Å². The molecule has 24 heavy (non-hydrogen) atoms. The standard InChI is InChI=1S/C19H27ClN2O2/c1-14-11-16(4-5-18(14)20)19(24)21-9-6-17(7-10-21)22-8-2-3-15(12-22)13-23/h4-5,11,15,17,23H,2-3,6-10,12-13H2,1H3. The van der Waals surface area contributed by atoms with Gasteiger partial charge < -0.3 is 10.0 Å². The van der Waals surface area contributed by atoms with E-state index in [-0.39, 0.29) is 5.91 Å². The lowest BCUT2D eigenvalue weighted by molar-refractivity contribution is 0.0455. The Hall–Kier alpha value is -1.10. The van der Waals surface area contributed by atoms with Crippen LogP contribution in [0.25, 0.3) is 0 Å². The Bertz CT molecular complexity index is 585. The van der Waals surface area contributed by atoms with Gasteiger partial charge in [-0.2, -0.15) is 0 Å². The molecular formula is C19H27ClN2O2. The molecule has 2 saturated heterocycles. The van der Waals surface area contributed by atoms with Crippen molar-refractivity contribution in [3.05, 3.63) is 34.3 Å². The molecule has 1 aromatic rings. The van der Waals surface area contributed by atoms with Crippen molar-refractivity contribution in [2.75, 3.05) is 32.8 Å². The number of aliphatic hydroxyl groups excluding tert-OH is 1. The second-order valence-corrected chi connectivity index (χ2v) is 7.58. The van der Waals surface area contributed by atoms with Gasteiger partial charge in [0.25, 0.3) is 5.91 Å². The molecule has 2 heterocycles. The summed E-state index contributed by atoms with van der Waals surface area (Å²) in [5, 5.41) is 10.1. The molecule has 3 rings (SSSR count). The van der Waals surface area contributed by atoms with E-state index in [4.69, 9.17) is 11.6 Å². The van der Waals surface area contributed by atoms with Crippen molar-refractivity contribution < 1.29 is 9.90 Å². The van der Waals surface area contributed by atoms with Crippen LogP contribution in [0.1, 0.15) is 41.6 Å². The topological polar surface area (TPSA) is 43.8 Å². The van der Waals surface area contributed by atoms with E-state index in [0.717, 1.165) is 56.6 Å². The number of carbonyl (C=O) groups excluding carboxylic acids is 1. The molecule has 132 valence electrons. The minimum atomic E-state index is 0.111. The van der Waals surface area contributed by atoms with Gasteiger partial charge in [-0.05, 0) is 68.8 Å². The van der Waals surface area contributed by atoms with E-state index >= 15 is 0 Å². The first-order valence-electron chi connectivity index (χ1n) is 8.99. The Morgan fingerprint density at radius 2 is 2.00 bits per heavy atom. The van der Waals surface area contributed by atoms with Crippen LogP contribution in [0.5, 0.6) is 0 Å². The maximum Gasteiger partial charge on any atom is 0.253 e. The zero-order valence-electron chi connectivity index (χ0n) is 14.4. The Balaban J connectivity index is 1.56. The third-order valence-electron chi connectivity index (χ3n) is 5.48. The average Bonchev–Trinajstić information content (AvgIpc) is 2.63. The zero-order chi connectivity index (χ0) is 17.1. The Morgan fingerprint density at radius 3 is 2.67 bits per heavy atom. The quantitative estimate of drug-likeness (QED) is 0.911. The lowest BCUT2D eigenvalue weighted by atomic mass is 9.94. The summed E-state index contributed by atoms with van der Waals surface area (Å²) in [6, 6.07) is 6.06. The Kier molecular flexibility index (Phi) is 5.80. The number of nitrogens with zero attached hydrogens (tertiary/aromatic N) is 2. The summed E-state index contributed by atoms with van der Waals surface area (Å²) in [4.78, 5) is 17.2. The van der Waals surface area contributed by atoms with E-state index in [1.807, 2.05) is 24.0 Å². The summed E-state index contributed by atoms with van der Waals surface area (Å²) in [5.41, 5.74) is 1.68. The van der Waals surface area contributed by atoms with E-state index in [2.05, 4.69) is 4.90 Å². The molecule has 5 heteroatoms. The van der Waals surface area contributed by atoms with Crippen molar-refractivity contribution >= 4 is 17.5 Å². The van der Waals surface area contributed by atoms with Crippen LogP contribution in [0.4, 0.5) is 0 Å². The Morgan fingerprint density at radius 1 is 1.25 bits per heavy atom. The highest BCUT2D eigenvalue weighted by Crippen LogP contribution is 2.25. The highest BCUT2D eigenvalue weighted by atomic mass is 35.5. The van der Waals surface area contributed by atoms with Crippen LogP contribution in [-0.4, -0.2) is 59.6 Å². The molecule has 4 nitrogen and oxygen atoms in total. The lowest BCUT2D eigenvalue weighted by Crippen LogP contribution is -2.50. The van der Waals surface area contributed by atoms with Crippen molar-refractivity contribution in [3.8, 4) is 0 Å². The van der Waals surface area contributed by atoms with Gasteiger partial charge in [-0.3, -0.25) is 9.69 Å². The average molecular weight is 351 g/mol. The van der Waals surface area contributed by atoms with E-state index in [1.165, 1.54) is 6.42 Å². The SMILES string of the molecule is Cc1cc(C(=O)N2CCC(N3CCCC(CO)C3)CC2)ccc1Cl. The van der Waals surface area contributed by atoms with Gasteiger partial charge in [0.2, 0.25) is 0 Å². The highest BCUT2D eigenvalue weighted by molar-refractivity contribution is 6.31. The fourth-order valence-electron chi connectivity index (χ4n) is 3.97. The number of aliphatic hydroxyl groups is 1. The molecule has 1 unspecified atom stereocenters. The van der Waals surface area contributed by atoms with E-state index in [0.29, 0.717) is 23.6 Å². The molecular weight excluding hydrogens is 324 g/mol. The van der Waals surface area contributed by atoms with Crippen LogP contribution in [-0.2, 0) is 0 Å². The molecule has 2 fully saturated rings. The third kappa shape index (κ3) is 3.93. The molecule has 1 N–H and O–H groups in total. The first-order valence-corrected chi connectivity index (χ1v) is 9.36. The molecule has 0 aromatic heterocycles. The van der Waals surface area contributed by atoms with E-state index in [9.17, 15) is 9.90 Å². The summed E-state index contributed by atoms with van der Waals surface area (Å²) in [6.07, 6.45) is 4.36. The highest BCUT2D eigenvalue weighted by Gasteiger charge is 2.30. The summed E-state index contributed by atoms with van der Waals surface area (Å²) in [6.45, 7) is 5.98. The first kappa shape index (κ1) is 17.7. The van der Waals surface area contributed by atoms with Gasteiger partial charge in [-0.1, -0.05) is 11.6 Å². The molecule has 1 atom stereocenters. The summed E-state index contributed by atoms with van der Waals surface area (Å²) in [5.74, 6) is 0.538. The zero-order valence-corrected chi connectivity index (χ0v) is 15.1. The van der Waals surface area contributed by atoms with Gasteiger partial charge in [0, 0.05) is 42.9 Å². The van der Waals surface area contributed by atoms with E-state index < -0.39 is 0 Å². The molecule has 2 aliphatic heterocycles. The number of piperidine rings is 2. The van der Waals surface area contributed by atoms with Crippen molar-refractivity contribution in [2.45, 2.75) is 38.6 Å². The first-order chi connectivity index (χ1) is 11.6. The normalized spacial score (nSPS) is 23.5. The lowest BCUT2D eigenvalue weighted by Gasteiger charge is -2.42. The Labute approximate surface area is 149 Å². The third-order valence-corrected chi connectivity index (χ3v) is 5.91. The van der Waals surface area contributed by atoms with Gasteiger partial charge in [0.05, 0.1) is 0 Å². The number of likely N-dealkylation sites (tertiary alicyclic amines) is 2. The summed E-state index contributed by atoms with van der Waals surface area (Å²) in [7, 11) is 0. The minimum Gasteiger partial charge on any atom is -0.396 e. The van der Waals surface area contributed by atoms with E-state index in [1.54, 1.807) is 6.07 Å². The predicted octanol–water partition coefficient (Wildman–Crippen LogP) is 2.96. The molecule has 0 bridgehead atoms. The van der Waals surface area contributed by atoms with Crippen LogP contribution < -0.4 is 0 Å². The van der Waals surface area contributed by atoms with Crippen LogP contribution in [0.3, 0.4) is 0 Å². The number of carbonyl (C=O) groups is 1. The van der Waals surface area contributed by atoms with Crippen molar-refractivity contribution in [1.29, 1.82) is 0 Å². The number of hydrogen-bond acceptors (Lipinski definition) is 3. The molecule has 1 aromatic carbocycles. The van der Waals surface area contributed by atoms with Crippen LogP contribution in [0.2, 0.25) is 5.02 Å². The van der Waals surface area contributed by atoms with Crippen LogP contribution in [0, 0.1) is 12.8 Å². The molecule has 0 aliphatic carbocycles. The molecule has 1 amide bonds. The number of rotatable bonds is 3. The monoisotopic (exact) mass is 350 g/mol. The maximum atomic E-state index is 12.7. The van der Waals surface area contributed by atoms with Gasteiger partial charge in [-0.25, -0.2) is 0 Å². The van der Waals surface area contributed by atoms with Gasteiger partial charge in [-0.15, -0.1) is 0 Å². The van der Waals surface area contributed by atoms with Crippen molar-refractivity contribution in [1.82, 2.24) is 9.80 Å². The summed E-state index contributed by atoms with van der Waals surface area (Å²) < 4.78 is 0. The second-order valence-electron chi connectivity index (χ2n) is 7.17. The maximum absolute atomic E-state index is 12.7. The molecule has 0 saturated carbocycles. The summed E-state index contributed by atoms with van der Waals surface area (Å²) >= 11 is 6.05. The molecule has 2 aliphatic rings. The van der Waals surface area contributed by atoms with Gasteiger partial charge in [0.15, 0.2) is 0 Å². The second kappa shape index (κ2) is 7.85. The number of hydrogen-bond donors (Lipinski definition) is 1. The van der Waals surface area contributed by atoms with Gasteiger partial charge in [0.1, 0.15) is 0 Å². The van der Waals surface area contributed by atoms with Crippen LogP contribution in [0.15, 0.2) is 18.2 Å². The molecule has 0 radical (unpaired) electrons. The smallest absolute Gasteiger partial charge is 0.253 e. The number of halogens is 1. The predicted molar refractivity (Wildman–Crippen MR) is 96.5 cm³/mol. The number of benzene rings is 1. The minimum absolute atomic E-state index is 0.111. The fraction of sp³-hybridized carbons (Fsp3) is 0.632. The van der Waals surface area contributed by atoms with Crippen molar-refractivity contribution in [2.24, 2.45) is 5.92 Å². The van der Waals surface area contributed by atoms with Crippen molar-refractivity contribution in [3.63, 3.8) is 0 Å². The number of amides is 1. The largest absolute Gasteiger partial charge is 0.396 e. The molecule has 0 spiro atoms.